The minimum absolute atomic E-state index is 0.347. The van der Waals surface area contributed by atoms with Crippen LogP contribution in [0.15, 0.2) is 40.8 Å². The molecule has 0 aliphatic heterocycles. The summed E-state index contributed by atoms with van der Waals surface area (Å²) in [4.78, 5) is 0. The SMILES string of the molecule is COc1cc(NCc2nnc(-c3ccccc3C)o2)c(OC)cc1Cl. The third kappa shape index (κ3) is 3.69. The van der Waals surface area contributed by atoms with Gasteiger partial charge in [0.25, 0.3) is 0 Å². The van der Waals surface area contributed by atoms with Crippen molar-refractivity contribution in [3.05, 3.63) is 52.9 Å². The number of benzene rings is 2. The molecule has 0 amide bonds. The molecule has 0 radical (unpaired) electrons. The van der Waals surface area contributed by atoms with Crippen LogP contribution in [0.4, 0.5) is 5.69 Å². The number of halogens is 1. The van der Waals surface area contributed by atoms with Crippen LogP contribution in [0.5, 0.6) is 11.5 Å². The largest absolute Gasteiger partial charge is 0.495 e. The Bertz CT molecular complexity index is 880. The Morgan fingerprint density at radius 3 is 2.56 bits per heavy atom. The quantitative estimate of drug-likeness (QED) is 0.706. The predicted octanol–water partition coefficient (Wildman–Crippen LogP) is 4.33. The zero-order chi connectivity index (χ0) is 17.8. The van der Waals surface area contributed by atoms with Gasteiger partial charge in [0.1, 0.15) is 11.5 Å². The summed E-state index contributed by atoms with van der Waals surface area (Å²) in [6.07, 6.45) is 0. The molecule has 0 saturated heterocycles. The summed E-state index contributed by atoms with van der Waals surface area (Å²) >= 11 is 6.11. The number of rotatable bonds is 6. The van der Waals surface area contributed by atoms with Crippen molar-refractivity contribution in [3.63, 3.8) is 0 Å². The first-order valence-corrected chi connectivity index (χ1v) is 8.04. The molecule has 3 aromatic rings. The fourth-order valence-corrected chi connectivity index (χ4v) is 2.65. The van der Waals surface area contributed by atoms with Gasteiger partial charge in [0.2, 0.25) is 11.8 Å². The third-order valence-electron chi connectivity index (χ3n) is 3.75. The summed E-state index contributed by atoms with van der Waals surface area (Å²) in [5.74, 6) is 2.12. The lowest BCUT2D eigenvalue weighted by Gasteiger charge is -2.12. The van der Waals surface area contributed by atoms with Crippen molar-refractivity contribution in [1.82, 2.24) is 10.2 Å². The lowest BCUT2D eigenvalue weighted by atomic mass is 10.1. The van der Waals surface area contributed by atoms with Crippen LogP contribution in [0.2, 0.25) is 5.02 Å². The maximum absolute atomic E-state index is 6.11. The number of ether oxygens (including phenoxy) is 2. The van der Waals surface area contributed by atoms with Crippen molar-refractivity contribution in [3.8, 4) is 23.0 Å². The van der Waals surface area contributed by atoms with Gasteiger partial charge in [-0.25, -0.2) is 0 Å². The van der Waals surface area contributed by atoms with Crippen LogP contribution < -0.4 is 14.8 Å². The van der Waals surface area contributed by atoms with E-state index in [-0.39, 0.29) is 0 Å². The van der Waals surface area contributed by atoms with E-state index in [9.17, 15) is 0 Å². The molecule has 0 atom stereocenters. The van der Waals surface area contributed by atoms with E-state index in [1.54, 1.807) is 26.4 Å². The second-order valence-electron chi connectivity index (χ2n) is 5.36. The van der Waals surface area contributed by atoms with Crippen LogP contribution in [-0.4, -0.2) is 24.4 Å². The van der Waals surface area contributed by atoms with Crippen LogP contribution in [0.3, 0.4) is 0 Å². The maximum atomic E-state index is 6.11. The van der Waals surface area contributed by atoms with Crippen LogP contribution in [0.1, 0.15) is 11.5 Å². The van der Waals surface area contributed by atoms with Gasteiger partial charge < -0.3 is 19.2 Å². The molecule has 0 aliphatic carbocycles. The second kappa shape index (κ2) is 7.44. The number of nitrogens with one attached hydrogen (secondary N) is 1. The maximum Gasteiger partial charge on any atom is 0.248 e. The number of methoxy groups -OCH3 is 2. The number of aryl methyl sites for hydroxylation is 1. The molecule has 1 aromatic heterocycles. The van der Waals surface area contributed by atoms with Gasteiger partial charge in [-0.2, -0.15) is 0 Å². The molecule has 2 aromatic carbocycles. The van der Waals surface area contributed by atoms with Crippen LogP contribution in [-0.2, 0) is 6.54 Å². The van der Waals surface area contributed by atoms with Gasteiger partial charge in [-0.1, -0.05) is 29.8 Å². The van der Waals surface area contributed by atoms with Gasteiger partial charge in [-0.3, -0.25) is 0 Å². The first kappa shape index (κ1) is 17.1. The Hall–Kier alpha value is -2.73. The minimum Gasteiger partial charge on any atom is -0.495 e. The Morgan fingerprint density at radius 1 is 1.08 bits per heavy atom. The molecular formula is C18H18ClN3O3. The average Bonchev–Trinajstić information content (AvgIpc) is 3.09. The smallest absolute Gasteiger partial charge is 0.248 e. The lowest BCUT2D eigenvalue weighted by Crippen LogP contribution is -2.02. The van der Waals surface area contributed by atoms with Gasteiger partial charge in [-0.15, -0.1) is 10.2 Å². The Labute approximate surface area is 150 Å². The highest BCUT2D eigenvalue weighted by Gasteiger charge is 2.13. The summed E-state index contributed by atoms with van der Waals surface area (Å²) in [5, 5.41) is 11.9. The molecule has 0 fully saturated rings. The monoisotopic (exact) mass is 359 g/mol. The molecular weight excluding hydrogens is 342 g/mol. The molecule has 25 heavy (non-hydrogen) atoms. The van der Waals surface area contributed by atoms with Crippen LogP contribution >= 0.6 is 11.6 Å². The Kier molecular flexibility index (Phi) is 5.09. The Morgan fingerprint density at radius 2 is 1.84 bits per heavy atom. The third-order valence-corrected chi connectivity index (χ3v) is 4.04. The van der Waals surface area contributed by atoms with E-state index in [1.165, 1.54) is 0 Å². The van der Waals surface area contributed by atoms with Gasteiger partial charge in [-0.05, 0) is 18.6 Å². The van der Waals surface area contributed by atoms with Crippen LogP contribution in [0, 0.1) is 6.92 Å². The van der Waals surface area contributed by atoms with Crippen molar-refractivity contribution in [1.29, 1.82) is 0 Å². The lowest BCUT2D eigenvalue weighted by molar-refractivity contribution is 0.404. The molecule has 6 nitrogen and oxygen atoms in total. The van der Waals surface area contributed by atoms with Gasteiger partial charge in [0.05, 0.1) is 31.5 Å². The van der Waals surface area contributed by atoms with E-state index in [0.717, 1.165) is 16.8 Å². The van der Waals surface area contributed by atoms with Gasteiger partial charge in [0, 0.05) is 17.7 Å². The second-order valence-corrected chi connectivity index (χ2v) is 5.76. The van der Waals surface area contributed by atoms with E-state index in [2.05, 4.69) is 15.5 Å². The highest BCUT2D eigenvalue weighted by atomic mass is 35.5. The van der Waals surface area contributed by atoms with Crippen molar-refractivity contribution in [2.75, 3.05) is 19.5 Å². The van der Waals surface area contributed by atoms with Crippen molar-refractivity contribution < 1.29 is 13.9 Å². The predicted molar refractivity (Wildman–Crippen MR) is 96.4 cm³/mol. The molecule has 0 spiro atoms. The highest BCUT2D eigenvalue weighted by molar-refractivity contribution is 6.32. The van der Waals surface area contributed by atoms with Gasteiger partial charge >= 0.3 is 0 Å². The van der Waals surface area contributed by atoms with E-state index < -0.39 is 0 Å². The molecule has 0 unspecified atom stereocenters. The zero-order valence-electron chi connectivity index (χ0n) is 14.2. The minimum atomic E-state index is 0.347. The van der Waals surface area contributed by atoms with Crippen LogP contribution in [0.25, 0.3) is 11.5 Å². The standard InChI is InChI=1S/C18H18ClN3O3/c1-11-6-4-5-7-12(11)18-22-21-17(25-18)10-20-14-9-15(23-2)13(19)8-16(14)24-3/h4-9,20H,10H2,1-3H3. The van der Waals surface area contributed by atoms with E-state index in [1.807, 2.05) is 31.2 Å². The molecule has 130 valence electrons. The van der Waals surface area contributed by atoms with E-state index in [4.69, 9.17) is 25.5 Å². The normalized spacial score (nSPS) is 10.6. The first-order valence-electron chi connectivity index (χ1n) is 7.66. The summed E-state index contributed by atoms with van der Waals surface area (Å²) in [6, 6.07) is 11.3. The van der Waals surface area contributed by atoms with Crippen molar-refractivity contribution in [2.45, 2.75) is 13.5 Å². The van der Waals surface area contributed by atoms with Gasteiger partial charge in [0.15, 0.2) is 0 Å². The van der Waals surface area contributed by atoms with E-state index >= 15 is 0 Å². The summed E-state index contributed by atoms with van der Waals surface area (Å²) in [7, 11) is 3.14. The molecule has 0 aliphatic rings. The van der Waals surface area contributed by atoms with E-state index in [0.29, 0.717) is 34.8 Å². The topological polar surface area (TPSA) is 69.4 Å². The average molecular weight is 360 g/mol. The summed E-state index contributed by atoms with van der Waals surface area (Å²) < 4.78 is 16.3. The number of hydrogen-bond donors (Lipinski definition) is 1. The summed E-state index contributed by atoms with van der Waals surface area (Å²) in [5.41, 5.74) is 2.72. The van der Waals surface area contributed by atoms with Crippen molar-refractivity contribution in [2.24, 2.45) is 0 Å². The molecule has 1 heterocycles. The molecule has 0 saturated carbocycles. The molecule has 1 N–H and O–H groups in total. The number of nitrogens with zero attached hydrogens (tertiary/aromatic N) is 2. The fourth-order valence-electron chi connectivity index (χ4n) is 2.42. The highest BCUT2D eigenvalue weighted by Crippen LogP contribution is 2.36. The molecule has 0 bridgehead atoms. The fraction of sp³-hybridized carbons (Fsp3) is 0.222. The van der Waals surface area contributed by atoms with Crippen molar-refractivity contribution >= 4 is 17.3 Å². The first-order chi connectivity index (χ1) is 12.1. The molecule has 3 rings (SSSR count). The number of anilines is 1. The zero-order valence-corrected chi connectivity index (χ0v) is 14.9. The Balaban J connectivity index is 1.78. The number of aromatic nitrogens is 2. The molecule has 7 heteroatoms. The number of hydrogen-bond acceptors (Lipinski definition) is 6. The summed E-state index contributed by atoms with van der Waals surface area (Å²) in [6.45, 7) is 2.35.